The molecular formula is C24H27NO6. The largest absolute Gasteiger partial charge is 0.493 e. The SMILES string of the molecule is COc1ccc(-c2ccc3c(c2)CNC3=O)c(OCC2(OC(=O)C(C)C)CC2)c1OC. The molecule has 1 N–H and O–H groups in total. The molecule has 0 aromatic heterocycles. The van der Waals surface area contributed by atoms with E-state index in [1.807, 2.05) is 44.2 Å². The van der Waals surface area contributed by atoms with E-state index in [2.05, 4.69) is 5.32 Å². The van der Waals surface area contributed by atoms with Gasteiger partial charge in [-0.05, 0) is 48.2 Å². The molecule has 0 saturated heterocycles. The molecule has 1 saturated carbocycles. The Balaban J connectivity index is 1.67. The van der Waals surface area contributed by atoms with Crippen LogP contribution in [0.25, 0.3) is 11.1 Å². The van der Waals surface area contributed by atoms with Crippen LogP contribution in [0.2, 0.25) is 0 Å². The summed E-state index contributed by atoms with van der Waals surface area (Å²) in [6.07, 6.45) is 1.53. The summed E-state index contributed by atoms with van der Waals surface area (Å²) in [6.45, 7) is 4.36. The third kappa shape index (κ3) is 4.04. The molecule has 164 valence electrons. The van der Waals surface area contributed by atoms with Gasteiger partial charge in [-0.1, -0.05) is 19.9 Å². The Morgan fingerprint density at radius 1 is 1.06 bits per heavy atom. The molecule has 0 unspecified atom stereocenters. The lowest BCUT2D eigenvalue weighted by molar-refractivity contribution is -0.156. The van der Waals surface area contributed by atoms with Crippen molar-refractivity contribution in [3.05, 3.63) is 41.5 Å². The van der Waals surface area contributed by atoms with Gasteiger partial charge in [0, 0.05) is 17.7 Å². The van der Waals surface area contributed by atoms with E-state index < -0.39 is 5.60 Å². The smallest absolute Gasteiger partial charge is 0.309 e. The molecule has 0 radical (unpaired) electrons. The Labute approximate surface area is 181 Å². The van der Waals surface area contributed by atoms with E-state index in [1.54, 1.807) is 14.2 Å². The van der Waals surface area contributed by atoms with Crippen LogP contribution in [0.1, 0.15) is 42.6 Å². The number of fused-ring (bicyclic) bond motifs is 1. The van der Waals surface area contributed by atoms with Crippen LogP contribution in [0.15, 0.2) is 30.3 Å². The molecule has 0 atom stereocenters. The zero-order valence-corrected chi connectivity index (χ0v) is 18.2. The van der Waals surface area contributed by atoms with E-state index in [4.69, 9.17) is 18.9 Å². The Morgan fingerprint density at radius 2 is 1.81 bits per heavy atom. The van der Waals surface area contributed by atoms with Crippen molar-refractivity contribution in [3.63, 3.8) is 0 Å². The van der Waals surface area contributed by atoms with E-state index in [0.29, 0.717) is 29.4 Å². The van der Waals surface area contributed by atoms with Crippen molar-refractivity contribution in [3.8, 4) is 28.4 Å². The first-order chi connectivity index (χ1) is 14.9. The molecule has 4 rings (SSSR count). The van der Waals surface area contributed by atoms with Gasteiger partial charge < -0.3 is 24.3 Å². The maximum absolute atomic E-state index is 12.1. The van der Waals surface area contributed by atoms with Gasteiger partial charge in [-0.15, -0.1) is 0 Å². The Kier molecular flexibility index (Phi) is 5.52. The van der Waals surface area contributed by atoms with E-state index >= 15 is 0 Å². The molecule has 2 aromatic rings. The van der Waals surface area contributed by atoms with Crippen LogP contribution in [0.4, 0.5) is 0 Å². The summed E-state index contributed by atoms with van der Waals surface area (Å²) in [5.74, 6) is 1.06. The number of esters is 1. The minimum absolute atomic E-state index is 0.0621. The average Bonchev–Trinajstić information content (AvgIpc) is 3.44. The zero-order valence-electron chi connectivity index (χ0n) is 18.2. The number of rotatable bonds is 8. The number of carbonyl (C=O) groups is 2. The van der Waals surface area contributed by atoms with Gasteiger partial charge >= 0.3 is 5.97 Å². The van der Waals surface area contributed by atoms with Gasteiger partial charge in [0.15, 0.2) is 11.5 Å². The summed E-state index contributed by atoms with van der Waals surface area (Å²) in [7, 11) is 3.13. The Hall–Kier alpha value is -3.22. The fourth-order valence-corrected chi connectivity index (χ4v) is 3.62. The molecule has 1 fully saturated rings. The quantitative estimate of drug-likeness (QED) is 0.649. The van der Waals surface area contributed by atoms with Gasteiger partial charge in [0.25, 0.3) is 5.91 Å². The molecular weight excluding hydrogens is 398 g/mol. The normalized spacial score (nSPS) is 15.8. The topological polar surface area (TPSA) is 83.1 Å². The highest BCUT2D eigenvalue weighted by Crippen LogP contribution is 2.47. The lowest BCUT2D eigenvalue weighted by Gasteiger charge is -2.22. The molecule has 1 aliphatic heterocycles. The lowest BCUT2D eigenvalue weighted by Crippen LogP contribution is -2.29. The van der Waals surface area contributed by atoms with Crippen molar-refractivity contribution in [2.45, 2.75) is 38.8 Å². The molecule has 2 aliphatic rings. The number of ether oxygens (including phenoxy) is 4. The summed E-state index contributed by atoms with van der Waals surface area (Å²) < 4.78 is 23.0. The standard InChI is InChI=1S/C24H27NO6/c1-14(2)23(27)31-24(9-10-24)13-30-20-17(7-8-19(28-3)21(20)29-4)15-5-6-18-16(11-15)12-25-22(18)26/h5-8,11,14H,9-10,12-13H2,1-4H3,(H,25,26). The fourth-order valence-electron chi connectivity index (χ4n) is 3.62. The van der Waals surface area contributed by atoms with Gasteiger partial charge in [0.05, 0.1) is 20.1 Å². The number of benzene rings is 2. The van der Waals surface area contributed by atoms with Crippen LogP contribution in [0, 0.1) is 5.92 Å². The number of hydrogen-bond acceptors (Lipinski definition) is 6. The monoisotopic (exact) mass is 425 g/mol. The first-order valence-corrected chi connectivity index (χ1v) is 10.4. The van der Waals surface area contributed by atoms with Gasteiger partial charge in [0.1, 0.15) is 12.2 Å². The second-order valence-corrected chi connectivity index (χ2v) is 8.28. The van der Waals surface area contributed by atoms with Crippen molar-refractivity contribution in [1.29, 1.82) is 0 Å². The summed E-state index contributed by atoms with van der Waals surface area (Å²) in [5.41, 5.74) is 2.74. The third-order valence-electron chi connectivity index (χ3n) is 5.68. The predicted octanol–water partition coefficient (Wildman–Crippen LogP) is 3.72. The minimum Gasteiger partial charge on any atom is -0.493 e. The van der Waals surface area contributed by atoms with E-state index in [-0.39, 0.29) is 24.4 Å². The first kappa shape index (κ1) is 21.0. The van der Waals surface area contributed by atoms with Crippen molar-refractivity contribution in [1.82, 2.24) is 5.32 Å². The van der Waals surface area contributed by atoms with Crippen molar-refractivity contribution >= 4 is 11.9 Å². The summed E-state index contributed by atoms with van der Waals surface area (Å²) >= 11 is 0. The highest BCUT2D eigenvalue weighted by molar-refractivity contribution is 5.99. The maximum Gasteiger partial charge on any atom is 0.309 e. The molecule has 0 bridgehead atoms. The van der Waals surface area contributed by atoms with E-state index in [1.165, 1.54) is 0 Å². The van der Waals surface area contributed by atoms with Gasteiger partial charge in [0.2, 0.25) is 5.75 Å². The molecule has 1 heterocycles. The van der Waals surface area contributed by atoms with Gasteiger partial charge in [-0.2, -0.15) is 0 Å². The molecule has 31 heavy (non-hydrogen) atoms. The van der Waals surface area contributed by atoms with Crippen molar-refractivity contribution in [2.75, 3.05) is 20.8 Å². The third-order valence-corrected chi connectivity index (χ3v) is 5.68. The number of amides is 1. The molecule has 1 aliphatic carbocycles. The zero-order chi connectivity index (χ0) is 22.2. The number of carbonyl (C=O) groups excluding carboxylic acids is 2. The Morgan fingerprint density at radius 3 is 2.45 bits per heavy atom. The van der Waals surface area contributed by atoms with E-state index in [9.17, 15) is 9.59 Å². The van der Waals surface area contributed by atoms with Gasteiger partial charge in [-0.25, -0.2) is 0 Å². The number of hydrogen-bond donors (Lipinski definition) is 1. The van der Waals surface area contributed by atoms with Crippen LogP contribution >= 0.6 is 0 Å². The van der Waals surface area contributed by atoms with E-state index in [0.717, 1.165) is 29.5 Å². The minimum atomic E-state index is -0.596. The highest BCUT2D eigenvalue weighted by Gasteiger charge is 2.48. The molecule has 7 nitrogen and oxygen atoms in total. The number of methoxy groups -OCH3 is 2. The van der Waals surface area contributed by atoms with Crippen LogP contribution in [-0.2, 0) is 16.1 Å². The van der Waals surface area contributed by atoms with Crippen LogP contribution in [0.3, 0.4) is 0 Å². The van der Waals surface area contributed by atoms with Crippen LogP contribution in [0.5, 0.6) is 17.2 Å². The summed E-state index contributed by atoms with van der Waals surface area (Å²) in [6, 6.07) is 9.42. The molecule has 7 heteroatoms. The summed E-state index contributed by atoms with van der Waals surface area (Å²) in [5, 5.41) is 2.84. The first-order valence-electron chi connectivity index (χ1n) is 10.4. The summed E-state index contributed by atoms with van der Waals surface area (Å²) in [4.78, 5) is 24.0. The molecule has 2 aromatic carbocycles. The fraction of sp³-hybridized carbons (Fsp3) is 0.417. The van der Waals surface area contributed by atoms with Gasteiger partial charge in [-0.3, -0.25) is 9.59 Å². The van der Waals surface area contributed by atoms with Crippen LogP contribution in [-0.4, -0.2) is 38.3 Å². The average molecular weight is 425 g/mol. The second-order valence-electron chi connectivity index (χ2n) is 8.28. The molecule has 0 spiro atoms. The van der Waals surface area contributed by atoms with Crippen molar-refractivity contribution < 1.29 is 28.5 Å². The Bertz CT molecular complexity index is 1020. The second kappa shape index (κ2) is 8.13. The highest BCUT2D eigenvalue weighted by atomic mass is 16.6. The predicted molar refractivity (Wildman–Crippen MR) is 115 cm³/mol. The lowest BCUT2D eigenvalue weighted by atomic mass is 9.99. The van der Waals surface area contributed by atoms with Crippen LogP contribution < -0.4 is 19.5 Å². The number of nitrogens with one attached hydrogen (secondary N) is 1. The maximum atomic E-state index is 12.1. The van der Waals surface area contributed by atoms with Crippen molar-refractivity contribution in [2.24, 2.45) is 5.92 Å². The molecule has 1 amide bonds.